The van der Waals surface area contributed by atoms with Crippen molar-refractivity contribution in [2.45, 2.75) is 37.2 Å². The second-order valence-corrected chi connectivity index (χ2v) is 6.58. The van der Waals surface area contributed by atoms with Gasteiger partial charge in [0.25, 0.3) is 0 Å². The molecular weight excluding hydrogens is 288 g/mol. The van der Waals surface area contributed by atoms with Gasteiger partial charge in [-0.3, -0.25) is 14.3 Å². The van der Waals surface area contributed by atoms with Gasteiger partial charge < -0.3 is 10.8 Å². The lowest BCUT2D eigenvalue weighted by Gasteiger charge is -2.23. The summed E-state index contributed by atoms with van der Waals surface area (Å²) in [6.07, 6.45) is 1.96. The van der Waals surface area contributed by atoms with Crippen LogP contribution in [0.4, 0.5) is 0 Å². The minimum absolute atomic E-state index is 0.171. The molecule has 1 rings (SSSR count). The zero-order valence-corrected chi connectivity index (χ0v) is 11.8. The number of carbonyl (C=O) groups is 2. The monoisotopic (exact) mass is 304 g/mol. The third kappa shape index (κ3) is 4.63. The molecule has 4 N–H and O–H groups in total. The molecule has 1 heterocycles. The summed E-state index contributed by atoms with van der Waals surface area (Å²) in [7, 11) is -3.91. The minimum atomic E-state index is -3.91. The van der Waals surface area contributed by atoms with Crippen LogP contribution in [0.2, 0.25) is 0 Å². The summed E-state index contributed by atoms with van der Waals surface area (Å²) in [5, 5.41) is 12.2. The van der Waals surface area contributed by atoms with Gasteiger partial charge in [0.15, 0.2) is 0 Å². The second kappa shape index (κ2) is 5.59. The second-order valence-electron chi connectivity index (χ2n) is 4.90. The van der Waals surface area contributed by atoms with Crippen molar-refractivity contribution >= 4 is 21.9 Å². The lowest BCUT2D eigenvalue weighted by Crippen LogP contribution is -2.45. The zero-order valence-electron chi connectivity index (χ0n) is 11.0. The molecule has 1 aromatic heterocycles. The van der Waals surface area contributed by atoms with Gasteiger partial charge in [-0.15, -0.1) is 0 Å². The Morgan fingerprint density at radius 1 is 1.50 bits per heavy atom. The minimum Gasteiger partial charge on any atom is -0.480 e. The molecule has 0 atom stereocenters. The molecule has 0 unspecified atom stereocenters. The quantitative estimate of drug-likeness (QED) is 0.583. The molecule has 1 aromatic rings. The van der Waals surface area contributed by atoms with E-state index in [4.69, 9.17) is 10.8 Å². The molecule has 0 aliphatic rings. The van der Waals surface area contributed by atoms with E-state index in [1.54, 1.807) is 0 Å². The number of primary amides is 1. The average Bonchev–Trinajstić information content (AvgIpc) is 2.61. The summed E-state index contributed by atoms with van der Waals surface area (Å²) in [5.41, 5.74) is 3.98. The topological polar surface area (TPSA) is 144 Å². The van der Waals surface area contributed by atoms with E-state index in [1.165, 1.54) is 13.8 Å². The number of aliphatic carboxylic acids is 1. The number of nitrogens with zero attached hydrogens (tertiary/aromatic N) is 2. The molecule has 0 saturated heterocycles. The first kappa shape index (κ1) is 16.1. The highest BCUT2D eigenvalue weighted by Crippen LogP contribution is 2.15. The normalized spacial score (nSPS) is 12.3. The Labute approximate surface area is 115 Å². The molecule has 1 amide bonds. The number of nitrogens with two attached hydrogens (primary N) is 1. The molecule has 9 nitrogen and oxygen atoms in total. The lowest BCUT2D eigenvalue weighted by atomic mass is 10.0. The molecule has 0 aromatic carbocycles. The Kier molecular flexibility index (Phi) is 4.50. The van der Waals surface area contributed by atoms with Crippen LogP contribution in [0.15, 0.2) is 17.3 Å². The Morgan fingerprint density at radius 3 is 2.60 bits per heavy atom. The van der Waals surface area contributed by atoms with Gasteiger partial charge >= 0.3 is 5.97 Å². The highest BCUT2D eigenvalue weighted by molar-refractivity contribution is 7.89. The summed E-state index contributed by atoms with van der Waals surface area (Å²) < 4.78 is 27.4. The van der Waals surface area contributed by atoms with Crippen LogP contribution < -0.4 is 10.5 Å². The first-order chi connectivity index (χ1) is 9.02. The van der Waals surface area contributed by atoms with E-state index in [-0.39, 0.29) is 11.3 Å². The molecule has 0 fully saturated rings. The first-order valence-electron chi connectivity index (χ1n) is 5.58. The maximum Gasteiger partial charge on any atom is 0.325 e. The molecule has 0 spiro atoms. The number of carboxylic acid groups (broad SMARTS) is 1. The number of hydrogen-bond donors (Lipinski definition) is 3. The highest BCUT2D eigenvalue weighted by Gasteiger charge is 2.28. The van der Waals surface area contributed by atoms with Crippen molar-refractivity contribution < 1.29 is 23.1 Å². The fourth-order valence-electron chi connectivity index (χ4n) is 1.60. The Balaban J connectivity index is 2.91. The van der Waals surface area contributed by atoms with Crippen molar-refractivity contribution in [3.05, 3.63) is 12.4 Å². The standard InChI is InChI=1S/C10H16N4O5S/c1-10(2,3-8(11)15)13-20(18,19)7-4-12-14(5-7)6-9(16)17/h4-5,13H,3,6H2,1-2H3,(H2,11,15)(H,16,17). The van der Waals surface area contributed by atoms with E-state index in [1.807, 2.05) is 0 Å². The molecule has 0 radical (unpaired) electrons. The fourth-order valence-corrected chi connectivity index (χ4v) is 2.97. The van der Waals surface area contributed by atoms with E-state index in [0.29, 0.717) is 0 Å². The predicted octanol–water partition coefficient (Wildman–Crippen LogP) is -1.10. The van der Waals surface area contributed by atoms with Crippen molar-refractivity contribution in [1.82, 2.24) is 14.5 Å². The summed E-state index contributed by atoms with van der Waals surface area (Å²) in [6, 6.07) is 0. The number of aromatic nitrogens is 2. The van der Waals surface area contributed by atoms with E-state index >= 15 is 0 Å². The Bertz CT molecular complexity index is 619. The number of nitrogens with one attached hydrogen (secondary N) is 1. The lowest BCUT2D eigenvalue weighted by molar-refractivity contribution is -0.137. The van der Waals surface area contributed by atoms with Crippen LogP contribution >= 0.6 is 0 Å². The summed E-state index contributed by atoms with van der Waals surface area (Å²) in [4.78, 5) is 21.2. The molecule has 0 aliphatic carbocycles. The number of hydrogen-bond acceptors (Lipinski definition) is 5. The molecule has 0 saturated carbocycles. The summed E-state index contributed by atoms with van der Waals surface area (Å²) >= 11 is 0. The number of carboxylic acids is 1. The summed E-state index contributed by atoms with van der Waals surface area (Å²) in [6.45, 7) is 2.58. The van der Waals surface area contributed by atoms with Crippen LogP contribution in [0, 0.1) is 0 Å². The van der Waals surface area contributed by atoms with Crippen LogP contribution in [0.1, 0.15) is 20.3 Å². The Morgan fingerprint density at radius 2 is 2.10 bits per heavy atom. The van der Waals surface area contributed by atoms with Crippen molar-refractivity contribution in [1.29, 1.82) is 0 Å². The first-order valence-corrected chi connectivity index (χ1v) is 7.07. The summed E-state index contributed by atoms with van der Waals surface area (Å²) in [5.74, 6) is -1.78. The van der Waals surface area contributed by atoms with Gasteiger partial charge in [0.05, 0.1) is 6.20 Å². The number of amides is 1. The van der Waals surface area contributed by atoms with Crippen LogP contribution in [0.25, 0.3) is 0 Å². The maximum atomic E-state index is 12.1. The Hall–Kier alpha value is -1.94. The van der Waals surface area contributed by atoms with Crippen molar-refractivity contribution in [2.24, 2.45) is 5.73 Å². The van der Waals surface area contributed by atoms with Crippen molar-refractivity contribution in [2.75, 3.05) is 0 Å². The molecule has 112 valence electrons. The van der Waals surface area contributed by atoms with Crippen molar-refractivity contribution in [3.8, 4) is 0 Å². The van der Waals surface area contributed by atoms with E-state index in [0.717, 1.165) is 17.1 Å². The van der Waals surface area contributed by atoms with Gasteiger partial charge in [-0.05, 0) is 13.8 Å². The predicted molar refractivity (Wildman–Crippen MR) is 68.1 cm³/mol. The van der Waals surface area contributed by atoms with E-state index in [2.05, 4.69) is 9.82 Å². The fraction of sp³-hybridized carbons (Fsp3) is 0.500. The molecule has 10 heteroatoms. The van der Waals surface area contributed by atoms with Gasteiger partial charge in [0, 0.05) is 18.2 Å². The smallest absolute Gasteiger partial charge is 0.325 e. The average molecular weight is 304 g/mol. The third-order valence-corrected chi connectivity index (χ3v) is 3.90. The molecule has 0 bridgehead atoms. The number of sulfonamides is 1. The number of rotatable bonds is 7. The van der Waals surface area contributed by atoms with Crippen LogP contribution in [0.3, 0.4) is 0 Å². The van der Waals surface area contributed by atoms with Crippen LogP contribution in [0.5, 0.6) is 0 Å². The van der Waals surface area contributed by atoms with Gasteiger partial charge in [0.2, 0.25) is 15.9 Å². The van der Waals surface area contributed by atoms with Gasteiger partial charge in [-0.25, -0.2) is 13.1 Å². The number of carbonyl (C=O) groups excluding carboxylic acids is 1. The van der Waals surface area contributed by atoms with E-state index < -0.39 is 34.0 Å². The van der Waals surface area contributed by atoms with E-state index in [9.17, 15) is 18.0 Å². The third-order valence-electron chi connectivity index (χ3n) is 2.24. The SMILES string of the molecule is CC(C)(CC(N)=O)NS(=O)(=O)c1cnn(CC(=O)O)c1. The zero-order chi connectivity index (χ0) is 15.6. The molecule has 20 heavy (non-hydrogen) atoms. The van der Waals surface area contributed by atoms with Gasteiger partial charge in [-0.1, -0.05) is 0 Å². The van der Waals surface area contributed by atoms with Crippen LogP contribution in [-0.4, -0.2) is 40.7 Å². The van der Waals surface area contributed by atoms with Crippen molar-refractivity contribution in [3.63, 3.8) is 0 Å². The largest absolute Gasteiger partial charge is 0.480 e. The van der Waals surface area contributed by atoms with Gasteiger partial charge in [0.1, 0.15) is 11.4 Å². The molecule has 0 aliphatic heterocycles. The van der Waals surface area contributed by atoms with Gasteiger partial charge in [-0.2, -0.15) is 5.10 Å². The molecular formula is C10H16N4O5S. The van der Waals surface area contributed by atoms with Crippen LogP contribution in [-0.2, 0) is 26.2 Å². The maximum absolute atomic E-state index is 12.1. The highest BCUT2D eigenvalue weighted by atomic mass is 32.2.